The molecule has 0 aliphatic carbocycles. The summed E-state index contributed by atoms with van der Waals surface area (Å²) >= 11 is 6.14. The molecule has 0 aromatic heterocycles. The molecule has 0 heterocycles. The van der Waals surface area contributed by atoms with E-state index in [0.29, 0.717) is 30.0 Å². The first-order valence-corrected chi connectivity index (χ1v) is 7.67. The summed E-state index contributed by atoms with van der Waals surface area (Å²) in [5.41, 5.74) is 1.01. The van der Waals surface area contributed by atoms with Crippen LogP contribution < -0.4 is 14.8 Å². The van der Waals surface area contributed by atoms with Gasteiger partial charge in [-0.25, -0.2) is 0 Å². The van der Waals surface area contributed by atoms with Crippen molar-refractivity contribution >= 4 is 11.6 Å². The summed E-state index contributed by atoms with van der Waals surface area (Å²) in [6.07, 6.45) is 1.92. The molecule has 0 aliphatic rings. The molecule has 0 saturated heterocycles. The van der Waals surface area contributed by atoms with Crippen LogP contribution in [0.1, 0.15) is 32.3 Å². The second kappa shape index (κ2) is 9.87. The molecule has 0 fully saturated rings. The fourth-order valence-electron chi connectivity index (χ4n) is 1.91. The second-order valence-corrected chi connectivity index (χ2v) is 5.62. The van der Waals surface area contributed by atoms with E-state index in [1.807, 2.05) is 6.07 Å². The Morgan fingerprint density at radius 2 is 1.86 bits per heavy atom. The molecular weight excluding hydrogens is 290 g/mol. The molecule has 0 radical (unpaired) electrons. The number of halogens is 1. The molecule has 0 unspecified atom stereocenters. The number of nitrogens with one attached hydrogen (secondary N) is 1. The maximum absolute atomic E-state index is 6.14. The molecule has 21 heavy (non-hydrogen) atoms. The zero-order valence-corrected chi connectivity index (χ0v) is 14.1. The molecule has 0 atom stereocenters. The van der Waals surface area contributed by atoms with Gasteiger partial charge in [0.05, 0.1) is 13.7 Å². The quantitative estimate of drug-likeness (QED) is 0.669. The van der Waals surface area contributed by atoms with Crippen LogP contribution in [0.5, 0.6) is 11.5 Å². The van der Waals surface area contributed by atoms with Gasteiger partial charge in [0, 0.05) is 43.0 Å². The van der Waals surface area contributed by atoms with Gasteiger partial charge >= 0.3 is 0 Å². The van der Waals surface area contributed by atoms with Crippen molar-refractivity contribution < 1.29 is 14.2 Å². The van der Waals surface area contributed by atoms with Gasteiger partial charge in [0.15, 0.2) is 11.5 Å². The van der Waals surface area contributed by atoms with E-state index in [1.165, 1.54) is 0 Å². The Bertz CT molecular complexity index is 424. The Morgan fingerprint density at radius 3 is 2.48 bits per heavy atom. The van der Waals surface area contributed by atoms with E-state index < -0.39 is 0 Å². The Kier molecular flexibility index (Phi) is 8.50. The van der Waals surface area contributed by atoms with Gasteiger partial charge in [-0.3, -0.25) is 0 Å². The number of ether oxygens (including phenoxy) is 3. The van der Waals surface area contributed by atoms with Crippen molar-refractivity contribution in [2.75, 3.05) is 27.4 Å². The maximum atomic E-state index is 6.14. The monoisotopic (exact) mass is 315 g/mol. The first kappa shape index (κ1) is 18.1. The SMILES string of the molecule is COCCCCOc1c(CNC(C)C)cc(Cl)cc1OC. The van der Waals surface area contributed by atoms with E-state index >= 15 is 0 Å². The number of hydrogen-bond donors (Lipinski definition) is 1. The number of benzene rings is 1. The topological polar surface area (TPSA) is 39.7 Å². The van der Waals surface area contributed by atoms with Gasteiger partial charge in [-0.15, -0.1) is 0 Å². The molecule has 0 aliphatic heterocycles. The first-order chi connectivity index (χ1) is 10.1. The third-order valence-corrected chi connectivity index (χ3v) is 3.22. The third kappa shape index (κ3) is 6.55. The van der Waals surface area contributed by atoms with Crippen molar-refractivity contribution in [2.45, 2.75) is 39.3 Å². The van der Waals surface area contributed by atoms with E-state index in [-0.39, 0.29) is 0 Å². The summed E-state index contributed by atoms with van der Waals surface area (Å²) in [5.74, 6) is 1.45. The van der Waals surface area contributed by atoms with E-state index in [1.54, 1.807) is 20.3 Å². The Hall–Kier alpha value is -0.970. The van der Waals surface area contributed by atoms with Crippen LogP contribution in [-0.4, -0.2) is 33.5 Å². The second-order valence-electron chi connectivity index (χ2n) is 5.18. The van der Waals surface area contributed by atoms with Gasteiger partial charge < -0.3 is 19.5 Å². The summed E-state index contributed by atoms with van der Waals surface area (Å²) in [5, 5.41) is 4.03. The average molecular weight is 316 g/mol. The highest BCUT2D eigenvalue weighted by molar-refractivity contribution is 6.30. The highest BCUT2D eigenvalue weighted by atomic mass is 35.5. The highest BCUT2D eigenvalue weighted by Gasteiger charge is 2.13. The number of unbranched alkanes of at least 4 members (excludes halogenated alkanes) is 1. The van der Waals surface area contributed by atoms with Gasteiger partial charge in [-0.2, -0.15) is 0 Å². The van der Waals surface area contributed by atoms with E-state index in [9.17, 15) is 0 Å². The van der Waals surface area contributed by atoms with Gasteiger partial charge in [0.2, 0.25) is 0 Å². The van der Waals surface area contributed by atoms with Crippen LogP contribution in [0.4, 0.5) is 0 Å². The zero-order valence-electron chi connectivity index (χ0n) is 13.4. The van der Waals surface area contributed by atoms with Crippen molar-refractivity contribution in [2.24, 2.45) is 0 Å². The molecular formula is C16H26ClNO3. The fraction of sp³-hybridized carbons (Fsp3) is 0.625. The van der Waals surface area contributed by atoms with Crippen LogP contribution in [0.2, 0.25) is 5.02 Å². The molecule has 120 valence electrons. The number of rotatable bonds is 10. The minimum atomic E-state index is 0.393. The molecule has 4 nitrogen and oxygen atoms in total. The normalized spacial score (nSPS) is 11.0. The Morgan fingerprint density at radius 1 is 1.14 bits per heavy atom. The average Bonchev–Trinajstić information content (AvgIpc) is 2.45. The molecule has 1 aromatic rings. The van der Waals surface area contributed by atoms with Crippen molar-refractivity contribution in [3.63, 3.8) is 0 Å². The van der Waals surface area contributed by atoms with Crippen molar-refractivity contribution in [1.82, 2.24) is 5.32 Å². The van der Waals surface area contributed by atoms with E-state index in [0.717, 1.165) is 30.8 Å². The number of methoxy groups -OCH3 is 2. The third-order valence-electron chi connectivity index (χ3n) is 3.01. The van der Waals surface area contributed by atoms with Crippen LogP contribution in [0.25, 0.3) is 0 Å². The molecule has 1 rings (SSSR count). The standard InChI is InChI=1S/C16H26ClNO3/c1-12(2)18-11-13-9-14(17)10-15(20-4)16(13)21-8-6-5-7-19-3/h9-10,12,18H,5-8,11H2,1-4H3. The summed E-state index contributed by atoms with van der Waals surface area (Å²) < 4.78 is 16.3. The van der Waals surface area contributed by atoms with Crippen molar-refractivity contribution in [1.29, 1.82) is 0 Å². The minimum Gasteiger partial charge on any atom is -0.493 e. The van der Waals surface area contributed by atoms with Crippen molar-refractivity contribution in [3.8, 4) is 11.5 Å². The summed E-state index contributed by atoms with van der Waals surface area (Å²) in [7, 11) is 3.34. The Balaban J connectivity index is 2.76. The lowest BCUT2D eigenvalue weighted by atomic mass is 10.1. The Labute approximate surface area is 132 Å². The van der Waals surface area contributed by atoms with Gasteiger partial charge in [0.25, 0.3) is 0 Å². The molecule has 0 spiro atoms. The fourth-order valence-corrected chi connectivity index (χ4v) is 2.14. The van der Waals surface area contributed by atoms with E-state index in [2.05, 4.69) is 19.2 Å². The lowest BCUT2D eigenvalue weighted by Crippen LogP contribution is -2.22. The van der Waals surface area contributed by atoms with Crippen LogP contribution in [-0.2, 0) is 11.3 Å². The lowest BCUT2D eigenvalue weighted by Gasteiger charge is -2.17. The molecule has 5 heteroatoms. The largest absolute Gasteiger partial charge is 0.493 e. The lowest BCUT2D eigenvalue weighted by molar-refractivity contribution is 0.183. The summed E-state index contributed by atoms with van der Waals surface area (Å²) in [6, 6.07) is 4.10. The van der Waals surface area contributed by atoms with Crippen LogP contribution >= 0.6 is 11.6 Å². The zero-order chi connectivity index (χ0) is 15.7. The smallest absolute Gasteiger partial charge is 0.165 e. The molecule has 1 aromatic carbocycles. The molecule has 1 N–H and O–H groups in total. The minimum absolute atomic E-state index is 0.393. The van der Waals surface area contributed by atoms with Gasteiger partial charge in [0.1, 0.15) is 0 Å². The highest BCUT2D eigenvalue weighted by Crippen LogP contribution is 2.35. The van der Waals surface area contributed by atoms with Crippen LogP contribution in [0, 0.1) is 0 Å². The predicted molar refractivity (Wildman–Crippen MR) is 86.6 cm³/mol. The van der Waals surface area contributed by atoms with Crippen LogP contribution in [0.15, 0.2) is 12.1 Å². The predicted octanol–water partition coefficient (Wildman–Crippen LogP) is 3.65. The van der Waals surface area contributed by atoms with Gasteiger partial charge in [-0.05, 0) is 18.9 Å². The summed E-state index contributed by atoms with van der Waals surface area (Å²) in [6.45, 7) is 6.29. The molecule has 0 bridgehead atoms. The van der Waals surface area contributed by atoms with Gasteiger partial charge in [-0.1, -0.05) is 25.4 Å². The number of hydrogen-bond acceptors (Lipinski definition) is 4. The summed E-state index contributed by atoms with van der Waals surface area (Å²) in [4.78, 5) is 0. The maximum Gasteiger partial charge on any atom is 0.165 e. The van der Waals surface area contributed by atoms with E-state index in [4.69, 9.17) is 25.8 Å². The van der Waals surface area contributed by atoms with Crippen LogP contribution in [0.3, 0.4) is 0 Å². The molecule has 0 saturated carbocycles. The van der Waals surface area contributed by atoms with Crippen molar-refractivity contribution in [3.05, 3.63) is 22.7 Å². The first-order valence-electron chi connectivity index (χ1n) is 7.30. The molecule has 0 amide bonds.